The zero-order chi connectivity index (χ0) is 12.3. The number of hydrogen-bond acceptors (Lipinski definition) is 2. The van der Waals surface area contributed by atoms with Crippen LogP contribution in [0.5, 0.6) is 0 Å². The first-order valence-electron chi connectivity index (χ1n) is 6.01. The van der Waals surface area contributed by atoms with Gasteiger partial charge in [-0.05, 0) is 56.7 Å². The van der Waals surface area contributed by atoms with Gasteiger partial charge in [-0.15, -0.1) is 0 Å². The second-order valence-electron chi connectivity index (χ2n) is 4.63. The van der Waals surface area contributed by atoms with Crippen molar-refractivity contribution in [2.24, 2.45) is 0 Å². The summed E-state index contributed by atoms with van der Waals surface area (Å²) < 4.78 is 13.2. The minimum atomic E-state index is -0.219. The first-order chi connectivity index (χ1) is 8.16. The molecule has 0 aliphatic carbocycles. The Morgan fingerprint density at radius 2 is 2.12 bits per heavy atom. The number of benzene rings is 1. The van der Waals surface area contributed by atoms with Crippen molar-refractivity contribution >= 4 is 11.6 Å². The molecule has 1 aromatic rings. The standard InChI is InChI=1S/C13H18ClFN2/c1-17(12-4-6-16-7-5-12)9-10-8-11(15)2-3-13(10)14/h2-3,8,12,16H,4-7,9H2,1H3. The predicted octanol–water partition coefficient (Wildman–Crippen LogP) is 2.66. The molecule has 1 aliphatic heterocycles. The minimum absolute atomic E-state index is 0.219. The average Bonchev–Trinajstić information content (AvgIpc) is 2.35. The first kappa shape index (κ1) is 12.8. The van der Waals surface area contributed by atoms with E-state index in [0.29, 0.717) is 17.6 Å². The lowest BCUT2D eigenvalue weighted by Crippen LogP contribution is -2.40. The zero-order valence-corrected chi connectivity index (χ0v) is 10.8. The highest BCUT2D eigenvalue weighted by atomic mass is 35.5. The molecule has 1 heterocycles. The third kappa shape index (κ3) is 3.41. The van der Waals surface area contributed by atoms with Crippen LogP contribution in [0, 0.1) is 5.82 Å². The molecule has 17 heavy (non-hydrogen) atoms. The average molecular weight is 257 g/mol. The molecule has 1 saturated heterocycles. The largest absolute Gasteiger partial charge is 0.317 e. The van der Waals surface area contributed by atoms with Crippen LogP contribution in [0.2, 0.25) is 5.02 Å². The van der Waals surface area contributed by atoms with Crippen LogP contribution in [-0.2, 0) is 6.54 Å². The van der Waals surface area contributed by atoms with Crippen molar-refractivity contribution in [2.75, 3.05) is 20.1 Å². The van der Waals surface area contributed by atoms with Gasteiger partial charge in [0.05, 0.1) is 0 Å². The van der Waals surface area contributed by atoms with Crippen LogP contribution in [0.1, 0.15) is 18.4 Å². The molecule has 2 rings (SSSR count). The Morgan fingerprint density at radius 1 is 1.41 bits per heavy atom. The van der Waals surface area contributed by atoms with Gasteiger partial charge < -0.3 is 5.32 Å². The Bertz CT molecular complexity index is 378. The lowest BCUT2D eigenvalue weighted by molar-refractivity contribution is 0.191. The molecule has 1 fully saturated rings. The molecule has 1 aromatic carbocycles. The van der Waals surface area contributed by atoms with Crippen molar-refractivity contribution in [1.82, 2.24) is 10.2 Å². The number of nitrogens with zero attached hydrogens (tertiary/aromatic N) is 1. The maximum Gasteiger partial charge on any atom is 0.123 e. The van der Waals surface area contributed by atoms with Crippen LogP contribution in [0.4, 0.5) is 4.39 Å². The molecule has 2 nitrogen and oxygen atoms in total. The van der Waals surface area contributed by atoms with Gasteiger partial charge in [0.25, 0.3) is 0 Å². The Morgan fingerprint density at radius 3 is 2.82 bits per heavy atom. The number of halogens is 2. The quantitative estimate of drug-likeness (QED) is 0.895. The smallest absolute Gasteiger partial charge is 0.123 e. The summed E-state index contributed by atoms with van der Waals surface area (Å²) in [5.41, 5.74) is 0.868. The molecular formula is C13H18ClFN2. The molecule has 0 spiro atoms. The van der Waals surface area contributed by atoms with Crippen LogP contribution in [0.3, 0.4) is 0 Å². The summed E-state index contributed by atoms with van der Waals surface area (Å²) in [4.78, 5) is 2.27. The fourth-order valence-corrected chi connectivity index (χ4v) is 2.49. The summed E-state index contributed by atoms with van der Waals surface area (Å²) in [5, 5.41) is 3.99. The molecule has 0 saturated carbocycles. The van der Waals surface area contributed by atoms with E-state index < -0.39 is 0 Å². The number of nitrogens with one attached hydrogen (secondary N) is 1. The van der Waals surface area contributed by atoms with Crippen molar-refractivity contribution in [3.63, 3.8) is 0 Å². The number of hydrogen-bond donors (Lipinski definition) is 1. The van der Waals surface area contributed by atoms with Crippen LogP contribution < -0.4 is 5.32 Å². The Labute approximate surface area is 107 Å². The van der Waals surface area contributed by atoms with Gasteiger partial charge in [0.1, 0.15) is 5.82 Å². The molecule has 1 N–H and O–H groups in total. The van der Waals surface area contributed by atoms with Gasteiger partial charge in [0.15, 0.2) is 0 Å². The van der Waals surface area contributed by atoms with Crippen LogP contribution in [0.15, 0.2) is 18.2 Å². The highest BCUT2D eigenvalue weighted by molar-refractivity contribution is 6.31. The summed E-state index contributed by atoms with van der Waals surface area (Å²) >= 11 is 6.07. The van der Waals surface area contributed by atoms with Crippen LogP contribution in [-0.4, -0.2) is 31.1 Å². The van der Waals surface area contributed by atoms with Crippen molar-refractivity contribution in [2.45, 2.75) is 25.4 Å². The molecule has 4 heteroatoms. The summed E-state index contributed by atoms with van der Waals surface area (Å²) in [6.45, 7) is 2.83. The zero-order valence-electron chi connectivity index (χ0n) is 10.0. The van der Waals surface area contributed by atoms with E-state index in [1.54, 1.807) is 6.07 Å². The fourth-order valence-electron chi connectivity index (χ4n) is 2.31. The van der Waals surface area contributed by atoms with Gasteiger partial charge in [-0.25, -0.2) is 4.39 Å². The molecule has 0 unspecified atom stereocenters. The van der Waals surface area contributed by atoms with E-state index in [2.05, 4.69) is 17.3 Å². The van der Waals surface area contributed by atoms with Gasteiger partial charge in [0, 0.05) is 17.6 Å². The summed E-state index contributed by atoms with van der Waals surface area (Å²) in [7, 11) is 2.08. The predicted molar refractivity (Wildman–Crippen MR) is 68.8 cm³/mol. The molecular weight excluding hydrogens is 239 g/mol. The highest BCUT2D eigenvalue weighted by Crippen LogP contribution is 2.21. The maximum absolute atomic E-state index is 13.2. The normalized spacial score (nSPS) is 17.6. The van der Waals surface area contributed by atoms with Crippen molar-refractivity contribution in [3.05, 3.63) is 34.6 Å². The summed E-state index contributed by atoms with van der Waals surface area (Å²) in [6, 6.07) is 5.12. The van der Waals surface area contributed by atoms with Crippen molar-refractivity contribution in [1.29, 1.82) is 0 Å². The summed E-state index contributed by atoms with van der Waals surface area (Å²) in [5.74, 6) is -0.219. The van der Waals surface area contributed by atoms with Gasteiger partial charge in [-0.3, -0.25) is 4.90 Å². The van der Waals surface area contributed by atoms with Gasteiger partial charge in [-0.1, -0.05) is 11.6 Å². The third-order valence-electron chi connectivity index (χ3n) is 3.36. The monoisotopic (exact) mass is 256 g/mol. The van der Waals surface area contributed by atoms with Gasteiger partial charge >= 0.3 is 0 Å². The lowest BCUT2D eigenvalue weighted by atomic mass is 10.0. The molecule has 0 atom stereocenters. The Hall–Kier alpha value is -0.640. The second kappa shape index (κ2) is 5.80. The molecule has 1 aliphatic rings. The minimum Gasteiger partial charge on any atom is -0.317 e. The van der Waals surface area contributed by atoms with E-state index in [1.807, 2.05) is 0 Å². The molecule has 0 radical (unpaired) electrons. The van der Waals surface area contributed by atoms with Crippen LogP contribution in [0.25, 0.3) is 0 Å². The van der Waals surface area contributed by atoms with E-state index in [1.165, 1.54) is 12.1 Å². The molecule has 0 amide bonds. The third-order valence-corrected chi connectivity index (χ3v) is 3.73. The number of rotatable bonds is 3. The van der Waals surface area contributed by atoms with Gasteiger partial charge in [0.2, 0.25) is 0 Å². The summed E-state index contributed by atoms with van der Waals surface area (Å²) in [6.07, 6.45) is 2.28. The Balaban J connectivity index is 2.01. The fraction of sp³-hybridized carbons (Fsp3) is 0.538. The van der Waals surface area contributed by atoms with Crippen molar-refractivity contribution in [3.8, 4) is 0 Å². The van der Waals surface area contributed by atoms with Gasteiger partial charge in [-0.2, -0.15) is 0 Å². The Kier molecular flexibility index (Phi) is 4.37. The second-order valence-corrected chi connectivity index (χ2v) is 5.04. The van der Waals surface area contributed by atoms with Crippen LogP contribution >= 0.6 is 11.6 Å². The SMILES string of the molecule is CN(Cc1cc(F)ccc1Cl)C1CCNCC1. The highest BCUT2D eigenvalue weighted by Gasteiger charge is 2.18. The molecule has 0 bridgehead atoms. The molecule has 94 valence electrons. The maximum atomic E-state index is 13.2. The van der Waals surface area contributed by atoms with E-state index in [4.69, 9.17) is 11.6 Å². The van der Waals surface area contributed by atoms with E-state index in [9.17, 15) is 4.39 Å². The van der Waals surface area contributed by atoms with E-state index in [0.717, 1.165) is 31.5 Å². The first-order valence-corrected chi connectivity index (χ1v) is 6.39. The topological polar surface area (TPSA) is 15.3 Å². The lowest BCUT2D eigenvalue weighted by Gasteiger charge is -2.31. The van der Waals surface area contributed by atoms with E-state index >= 15 is 0 Å². The molecule has 0 aromatic heterocycles. The number of piperidine rings is 1. The van der Waals surface area contributed by atoms with E-state index in [-0.39, 0.29) is 5.82 Å². The van der Waals surface area contributed by atoms with Crippen molar-refractivity contribution < 1.29 is 4.39 Å².